The molecule has 0 spiro atoms. The summed E-state index contributed by atoms with van der Waals surface area (Å²) >= 11 is 6.23. The molecule has 0 aromatic heterocycles. The molecular formula is C16H18ClNO. The van der Waals surface area contributed by atoms with Gasteiger partial charge >= 0.3 is 0 Å². The van der Waals surface area contributed by atoms with Crippen LogP contribution < -0.4 is 10.5 Å². The van der Waals surface area contributed by atoms with Gasteiger partial charge < -0.3 is 10.5 Å². The Labute approximate surface area is 119 Å². The summed E-state index contributed by atoms with van der Waals surface area (Å²) in [5.41, 5.74) is 9.13. The topological polar surface area (TPSA) is 35.2 Å². The molecule has 0 aliphatic heterocycles. The number of benzene rings is 2. The lowest BCUT2D eigenvalue weighted by atomic mass is 10.1. The van der Waals surface area contributed by atoms with Crippen LogP contribution in [-0.2, 0) is 0 Å². The fourth-order valence-electron chi connectivity index (χ4n) is 1.92. The Morgan fingerprint density at radius 3 is 2.32 bits per heavy atom. The van der Waals surface area contributed by atoms with Gasteiger partial charge in [0.05, 0.1) is 5.02 Å². The van der Waals surface area contributed by atoms with Crippen LogP contribution in [0.2, 0.25) is 5.02 Å². The summed E-state index contributed by atoms with van der Waals surface area (Å²) in [4.78, 5) is 0. The molecule has 0 bridgehead atoms. The predicted octanol–water partition coefficient (Wildman–Crippen LogP) is 4.77. The van der Waals surface area contributed by atoms with Gasteiger partial charge in [0.25, 0.3) is 0 Å². The minimum absolute atomic E-state index is 0.0346. The molecule has 2 aromatic carbocycles. The van der Waals surface area contributed by atoms with Crippen molar-refractivity contribution in [1.29, 1.82) is 0 Å². The van der Waals surface area contributed by atoms with Crippen molar-refractivity contribution in [1.82, 2.24) is 0 Å². The third kappa shape index (κ3) is 3.28. The molecular weight excluding hydrogens is 258 g/mol. The van der Waals surface area contributed by atoms with Gasteiger partial charge in [-0.1, -0.05) is 35.4 Å². The highest BCUT2D eigenvalue weighted by Gasteiger charge is 2.08. The lowest BCUT2D eigenvalue weighted by molar-refractivity contribution is 0.478. The van der Waals surface area contributed by atoms with E-state index >= 15 is 0 Å². The van der Waals surface area contributed by atoms with Gasteiger partial charge in [0, 0.05) is 6.04 Å². The third-order valence-electron chi connectivity index (χ3n) is 3.03. The molecule has 0 aliphatic rings. The van der Waals surface area contributed by atoms with Crippen molar-refractivity contribution in [2.45, 2.75) is 26.8 Å². The molecule has 1 unspecified atom stereocenters. The summed E-state index contributed by atoms with van der Waals surface area (Å²) in [5, 5.41) is 0.578. The van der Waals surface area contributed by atoms with Gasteiger partial charge in [0.15, 0.2) is 0 Å². The molecule has 1 atom stereocenters. The maximum absolute atomic E-state index is 6.23. The average molecular weight is 276 g/mol. The summed E-state index contributed by atoms with van der Waals surface area (Å²) in [7, 11) is 0. The van der Waals surface area contributed by atoms with Crippen molar-refractivity contribution in [2.75, 3.05) is 0 Å². The largest absolute Gasteiger partial charge is 0.456 e. The normalized spacial score (nSPS) is 12.3. The molecule has 2 nitrogen and oxygen atoms in total. The standard InChI is InChI=1S/C16H18ClNO/c1-10-4-6-15(11(2)8-10)19-16-7-5-13(12(3)18)9-14(16)17/h4-9,12H,18H2,1-3H3. The van der Waals surface area contributed by atoms with Crippen molar-refractivity contribution in [3.05, 3.63) is 58.1 Å². The SMILES string of the molecule is Cc1ccc(Oc2ccc(C(C)N)cc2Cl)c(C)c1. The van der Waals surface area contributed by atoms with Gasteiger partial charge in [0.1, 0.15) is 11.5 Å². The molecule has 100 valence electrons. The summed E-state index contributed by atoms with van der Waals surface area (Å²) in [6.07, 6.45) is 0. The zero-order valence-electron chi connectivity index (χ0n) is 11.4. The van der Waals surface area contributed by atoms with Crippen LogP contribution in [0.4, 0.5) is 0 Å². The Kier molecular flexibility index (Phi) is 4.13. The van der Waals surface area contributed by atoms with E-state index in [0.717, 1.165) is 16.9 Å². The van der Waals surface area contributed by atoms with E-state index in [9.17, 15) is 0 Å². The van der Waals surface area contributed by atoms with Gasteiger partial charge in [-0.3, -0.25) is 0 Å². The molecule has 3 heteroatoms. The molecule has 2 N–H and O–H groups in total. The molecule has 0 saturated carbocycles. The van der Waals surface area contributed by atoms with Crippen LogP contribution in [0.25, 0.3) is 0 Å². The second-order valence-electron chi connectivity index (χ2n) is 4.85. The first-order valence-electron chi connectivity index (χ1n) is 6.27. The molecule has 0 aliphatic carbocycles. The summed E-state index contributed by atoms with van der Waals surface area (Å²) in [6, 6.07) is 11.7. The second-order valence-corrected chi connectivity index (χ2v) is 5.26. The lowest BCUT2D eigenvalue weighted by Gasteiger charge is -2.12. The van der Waals surface area contributed by atoms with Crippen molar-refractivity contribution in [2.24, 2.45) is 5.73 Å². The summed E-state index contributed by atoms with van der Waals surface area (Å²) in [5.74, 6) is 1.47. The van der Waals surface area contributed by atoms with E-state index in [-0.39, 0.29) is 6.04 Å². The number of nitrogens with two attached hydrogens (primary N) is 1. The quantitative estimate of drug-likeness (QED) is 0.876. The number of ether oxygens (including phenoxy) is 1. The van der Waals surface area contributed by atoms with Crippen LogP contribution in [0, 0.1) is 13.8 Å². The first kappa shape index (κ1) is 13.9. The number of aryl methyl sites for hydroxylation is 2. The van der Waals surface area contributed by atoms with Crippen LogP contribution in [0.3, 0.4) is 0 Å². The van der Waals surface area contributed by atoms with E-state index in [1.807, 2.05) is 44.2 Å². The molecule has 19 heavy (non-hydrogen) atoms. The highest BCUT2D eigenvalue weighted by molar-refractivity contribution is 6.32. The zero-order valence-corrected chi connectivity index (χ0v) is 12.2. The van der Waals surface area contributed by atoms with E-state index in [0.29, 0.717) is 10.8 Å². The van der Waals surface area contributed by atoms with Crippen LogP contribution in [-0.4, -0.2) is 0 Å². The Balaban J connectivity index is 2.28. The van der Waals surface area contributed by atoms with E-state index in [1.165, 1.54) is 5.56 Å². The zero-order chi connectivity index (χ0) is 14.0. The van der Waals surface area contributed by atoms with E-state index < -0.39 is 0 Å². The van der Waals surface area contributed by atoms with Gasteiger partial charge in [-0.05, 0) is 50.1 Å². The molecule has 2 rings (SSSR count). The molecule has 0 radical (unpaired) electrons. The van der Waals surface area contributed by atoms with Crippen molar-refractivity contribution in [3.63, 3.8) is 0 Å². The van der Waals surface area contributed by atoms with E-state index in [1.54, 1.807) is 0 Å². The lowest BCUT2D eigenvalue weighted by Crippen LogP contribution is -2.04. The summed E-state index contributed by atoms with van der Waals surface area (Å²) in [6.45, 7) is 6.00. The number of halogens is 1. The minimum Gasteiger partial charge on any atom is -0.456 e. The second kappa shape index (κ2) is 5.64. The Morgan fingerprint density at radius 1 is 1.05 bits per heavy atom. The first-order chi connectivity index (χ1) is 8.97. The maximum Gasteiger partial charge on any atom is 0.146 e. The molecule has 0 saturated heterocycles. The predicted molar refractivity (Wildman–Crippen MR) is 80.0 cm³/mol. The van der Waals surface area contributed by atoms with E-state index in [4.69, 9.17) is 22.1 Å². The molecule has 0 fully saturated rings. The number of hydrogen-bond acceptors (Lipinski definition) is 2. The van der Waals surface area contributed by atoms with Crippen molar-refractivity contribution in [3.8, 4) is 11.5 Å². The Hall–Kier alpha value is -1.51. The first-order valence-corrected chi connectivity index (χ1v) is 6.65. The van der Waals surface area contributed by atoms with Gasteiger partial charge in [0.2, 0.25) is 0 Å². The minimum atomic E-state index is -0.0346. The maximum atomic E-state index is 6.23. The van der Waals surface area contributed by atoms with E-state index in [2.05, 4.69) is 13.0 Å². The van der Waals surface area contributed by atoms with Gasteiger partial charge in [-0.2, -0.15) is 0 Å². The molecule has 2 aromatic rings. The Bertz CT molecular complexity index is 593. The number of hydrogen-bond donors (Lipinski definition) is 1. The van der Waals surface area contributed by atoms with Crippen molar-refractivity contribution >= 4 is 11.6 Å². The van der Waals surface area contributed by atoms with Crippen LogP contribution in [0.5, 0.6) is 11.5 Å². The monoisotopic (exact) mass is 275 g/mol. The third-order valence-corrected chi connectivity index (χ3v) is 3.33. The van der Waals surface area contributed by atoms with Gasteiger partial charge in [-0.15, -0.1) is 0 Å². The fourth-order valence-corrected chi connectivity index (χ4v) is 2.14. The van der Waals surface area contributed by atoms with Crippen LogP contribution in [0.15, 0.2) is 36.4 Å². The van der Waals surface area contributed by atoms with Crippen LogP contribution >= 0.6 is 11.6 Å². The smallest absolute Gasteiger partial charge is 0.146 e. The van der Waals surface area contributed by atoms with Crippen LogP contribution in [0.1, 0.15) is 29.7 Å². The fraction of sp³-hybridized carbons (Fsp3) is 0.250. The number of rotatable bonds is 3. The van der Waals surface area contributed by atoms with Gasteiger partial charge in [-0.25, -0.2) is 0 Å². The summed E-state index contributed by atoms with van der Waals surface area (Å²) < 4.78 is 5.86. The molecule has 0 heterocycles. The highest BCUT2D eigenvalue weighted by Crippen LogP contribution is 2.32. The Morgan fingerprint density at radius 2 is 1.74 bits per heavy atom. The van der Waals surface area contributed by atoms with Crippen molar-refractivity contribution < 1.29 is 4.74 Å². The molecule has 0 amide bonds. The highest BCUT2D eigenvalue weighted by atomic mass is 35.5. The average Bonchev–Trinajstić information content (AvgIpc) is 2.34.